The second-order valence-corrected chi connectivity index (χ2v) is 13.3. The fraction of sp³-hybridized carbons (Fsp3) is 0.559. The molecule has 56 heavy (non-hydrogen) atoms. The fourth-order valence-electron chi connectivity index (χ4n) is 6.51. The van der Waals surface area contributed by atoms with Gasteiger partial charge in [0.1, 0.15) is 95.7 Å². The van der Waals surface area contributed by atoms with Crippen molar-refractivity contribution >= 4 is 11.0 Å². The van der Waals surface area contributed by atoms with Crippen LogP contribution < -0.4 is 14.9 Å². The predicted octanol–water partition coefficient (Wildman–Crippen LogP) is -4.59. The highest BCUT2D eigenvalue weighted by Crippen LogP contribution is 2.40. The number of methoxy groups -OCH3 is 1. The molecule has 6 rings (SSSR count). The van der Waals surface area contributed by atoms with E-state index in [0.717, 1.165) is 12.1 Å². The van der Waals surface area contributed by atoms with Crippen LogP contribution in [0.25, 0.3) is 22.3 Å². The molecule has 15 atom stereocenters. The highest BCUT2D eigenvalue weighted by Gasteiger charge is 2.52. The standard InChI is InChI=1S/C34H42O22/c1-49-14-4-10(2-3-12(14)38)29-30(23(43)19-13(39)5-11(37)6-15(19)51-29)55-33-28(48)25(45)22(42)18(54-33)9-50-34-31(26(46)21(41)17(8-36)53-34)56-32-27(47)24(44)20(40)16(7-35)52-32/h2-6,16-18,20-22,24-28,31-42,44-48H,7-9H2,1H3/t16-,17-,18-,20-,21-,22-,24-,25+,26+,27+,28+,31+,32+,33+,34-/m1/s1. The molecule has 0 saturated carbocycles. The van der Waals surface area contributed by atoms with Crippen LogP contribution in [0, 0.1) is 0 Å². The summed E-state index contributed by atoms with van der Waals surface area (Å²) in [4.78, 5) is 13.9. The summed E-state index contributed by atoms with van der Waals surface area (Å²) in [5.74, 6) is -2.66. The number of phenolic OH excluding ortho intramolecular Hbond substituents is 3. The number of hydrogen-bond acceptors (Lipinski definition) is 22. The van der Waals surface area contributed by atoms with Crippen molar-refractivity contribution in [1.29, 1.82) is 0 Å². The summed E-state index contributed by atoms with van der Waals surface area (Å²) in [7, 11) is 1.25. The molecule has 2 aromatic carbocycles. The van der Waals surface area contributed by atoms with Gasteiger partial charge in [-0.05, 0) is 18.2 Å². The molecule has 3 saturated heterocycles. The summed E-state index contributed by atoms with van der Waals surface area (Å²) >= 11 is 0. The van der Waals surface area contributed by atoms with Gasteiger partial charge >= 0.3 is 0 Å². The number of fused-ring (bicyclic) bond motifs is 1. The third-order valence-electron chi connectivity index (χ3n) is 9.65. The second-order valence-electron chi connectivity index (χ2n) is 13.3. The van der Waals surface area contributed by atoms with Gasteiger partial charge in [0.15, 0.2) is 29.8 Å². The van der Waals surface area contributed by atoms with Crippen LogP contribution in [-0.2, 0) is 23.7 Å². The molecular formula is C34H42O22. The summed E-state index contributed by atoms with van der Waals surface area (Å²) in [5, 5.41) is 135. The second kappa shape index (κ2) is 16.9. The van der Waals surface area contributed by atoms with Crippen molar-refractivity contribution in [3.8, 4) is 40.1 Å². The van der Waals surface area contributed by atoms with E-state index in [1.54, 1.807) is 0 Å². The van der Waals surface area contributed by atoms with Crippen LogP contribution in [0.1, 0.15) is 0 Å². The Kier molecular flexibility index (Phi) is 12.6. The first-order valence-corrected chi connectivity index (χ1v) is 17.1. The Morgan fingerprint density at radius 1 is 0.661 bits per heavy atom. The van der Waals surface area contributed by atoms with Crippen LogP contribution in [-0.4, -0.2) is 185 Å². The Bertz CT molecular complexity index is 1890. The van der Waals surface area contributed by atoms with Crippen LogP contribution in [0.2, 0.25) is 0 Å². The van der Waals surface area contributed by atoms with Gasteiger partial charge < -0.3 is 104 Å². The van der Waals surface area contributed by atoms with Crippen LogP contribution in [0.5, 0.6) is 28.7 Å². The largest absolute Gasteiger partial charge is 0.508 e. The minimum Gasteiger partial charge on any atom is -0.508 e. The van der Waals surface area contributed by atoms with Gasteiger partial charge in [-0.15, -0.1) is 0 Å². The van der Waals surface area contributed by atoms with Crippen LogP contribution in [0.3, 0.4) is 0 Å². The van der Waals surface area contributed by atoms with E-state index in [2.05, 4.69) is 0 Å². The molecular weight excluding hydrogens is 760 g/mol. The molecule has 4 heterocycles. The Hall–Kier alpha value is -3.95. The fourth-order valence-corrected chi connectivity index (χ4v) is 6.51. The zero-order chi connectivity index (χ0) is 40.7. The minimum atomic E-state index is -2.07. The lowest BCUT2D eigenvalue weighted by molar-refractivity contribution is -0.372. The number of ether oxygens (including phenoxy) is 7. The minimum absolute atomic E-state index is 0.0429. The first kappa shape index (κ1) is 41.7. The van der Waals surface area contributed by atoms with Gasteiger partial charge in [-0.25, -0.2) is 0 Å². The summed E-state index contributed by atoms with van der Waals surface area (Å²) in [6, 6.07) is 5.62. The Balaban J connectivity index is 1.28. The van der Waals surface area contributed by atoms with Gasteiger partial charge in [-0.2, -0.15) is 0 Å². The van der Waals surface area contributed by atoms with Crippen molar-refractivity contribution in [2.45, 2.75) is 92.1 Å². The lowest BCUT2D eigenvalue weighted by Gasteiger charge is -2.46. The van der Waals surface area contributed by atoms with Crippen molar-refractivity contribution in [3.63, 3.8) is 0 Å². The van der Waals surface area contributed by atoms with Crippen molar-refractivity contribution in [3.05, 3.63) is 40.6 Å². The number of rotatable bonds is 11. The third kappa shape index (κ3) is 7.83. The zero-order valence-corrected chi connectivity index (χ0v) is 29.2. The molecule has 3 aliphatic rings. The van der Waals surface area contributed by atoms with E-state index >= 15 is 0 Å². The maximum absolute atomic E-state index is 13.9. The van der Waals surface area contributed by atoms with Gasteiger partial charge in [0, 0.05) is 17.7 Å². The first-order valence-electron chi connectivity index (χ1n) is 17.1. The summed E-state index contributed by atoms with van der Waals surface area (Å²) in [6.45, 7) is -2.49. The van der Waals surface area contributed by atoms with Gasteiger partial charge in [-0.3, -0.25) is 4.79 Å². The summed E-state index contributed by atoms with van der Waals surface area (Å²) < 4.78 is 44.8. The maximum atomic E-state index is 13.9. The van der Waals surface area contributed by atoms with E-state index in [-0.39, 0.29) is 28.4 Å². The van der Waals surface area contributed by atoms with Crippen LogP contribution in [0.15, 0.2) is 39.5 Å². The smallest absolute Gasteiger partial charge is 0.239 e. The van der Waals surface area contributed by atoms with Gasteiger partial charge in [0.05, 0.1) is 26.9 Å². The van der Waals surface area contributed by atoms with E-state index in [9.17, 15) is 71.2 Å². The lowest BCUT2D eigenvalue weighted by Crippen LogP contribution is -2.65. The van der Waals surface area contributed by atoms with Gasteiger partial charge in [0.25, 0.3) is 0 Å². The third-order valence-corrected chi connectivity index (χ3v) is 9.65. The van der Waals surface area contributed by atoms with Crippen molar-refractivity contribution in [1.82, 2.24) is 0 Å². The van der Waals surface area contributed by atoms with E-state index in [0.29, 0.717) is 0 Å². The molecule has 22 nitrogen and oxygen atoms in total. The normalized spacial score (nSPS) is 36.4. The van der Waals surface area contributed by atoms with Crippen LogP contribution >= 0.6 is 0 Å². The number of hydrogen-bond donors (Lipinski definition) is 13. The number of benzene rings is 2. The van der Waals surface area contributed by atoms with E-state index in [1.807, 2.05) is 0 Å². The summed E-state index contributed by atoms with van der Waals surface area (Å²) in [5.41, 5.74) is -1.32. The van der Waals surface area contributed by atoms with Crippen LogP contribution in [0.4, 0.5) is 0 Å². The van der Waals surface area contributed by atoms with Gasteiger partial charge in [-0.1, -0.05) is 0 Å². The molecule has 0 aliphatic carbocycles. The highest BCUT2D eigenvalue weighted by molar-refractivity contribution is 5.88. The molecule has 0 bridgehead atoms. The molecule has 0 amide bonds. The Morgan fingerprint density at radius 2 is 1.25 bits per heavy atom. The average molecular weight is 803 g/mol. The number of aromatic hydroxyl groups is 3. The lowest BCUT2D eigenvalue weighted by atomic mass is 9.97. The molecule has 0 unspecified atom stereocenters. The van der Waals surface area contributed by atoms with Crippen molar-refractivity contribution < 1.29 is 104 Å². The maximum Gasteiger partial charge on any atom is 0.239 e. The SMILES string of the molecule is COc1cc(-c2oc3cc(O)cc(O)c3c(=O)c2O[C@@H]2O[C@H](CO[C@@H]3O[C@H](CO)[C@@H](O)[C@H](O)[C@@H]3O[C@@H]3O[C@H](CO)[C@@H](O)[C@@H](O)[C@@H]3O)[C@@H](O)[C@H](O)[C@@H]2O)ccc1O. The molecule has 22 heteroatoms. The van der Waals surface area contributed by atoms with Crippen molar-refractivity contribution in [2.24, 2.45) is 0 Å². The quantitative estimate of drug-likeness (QED) is 0.0867. The highest BCUT2D eigenvalue weighted by atomic mass is 16.8. The Morgan fingerprint density at radius 3 is 1.89 bits per heavy atom. The molecule has 3 aliphatic heterocycles. The number of aliphatic hydroxyl groups excluding tert-OH is 10. The average Bonchev–Trinajstić information content (AvgIpc) is 3.17. The topological polar surface area (TPSA) is 358 Å². The van der Waals surface area contributed by atoms with E-state index in [4.69, 9.17) is 37.6 Å². The monoisotopic (exact) mass is 802 g/mol. The Labute approximate surface area is 314 Å². The predicted molar refractivity (Wildman–Crippen MR) is 179 cm³/mol. The van der Waals surface area contributed by atoms with Crippen molar-refractivity contribution in [2.75, 3.05) is 26.9 Å². The molecule has 0 radical (unpaired) electrons. The van der Waals surface area contributed by atoms with E-state index < -0.39 is 140 Å². The van der Waals surface area contributed by atoms with Gasteiger partial charge in [0.2, 0.25) is 17.5 Å². The molecule has 13 N–H and O–H groups in total. The number of aliphatic hydroxyl groups is 10. The molecule has 1 aromatic heterocycles. The number of phenols is 3. The summed E-state index contributed by atoms with van der Waals surface area (Å²) in [6.07, 6.45) is -27.5. The first-order chi connectivity index (χ1) is 26.6. The van der Waals surface area contributed by atoms with E-state index in [1.165, 1.54) is 25.3 Å². The molecule has 3 aromatic rings. The zero-order valence-electron chi connectivity index (χ0n) is 29.2. The molecule has 3 fully saturated rings. The molecule has 310 valence electrons. The molecule has 0 spiro atoms.